The fourth-order valence-corrected chi connectivity index (χ4v) is 4.92. The molecule has 0 amide bonds. The molecule has 3 atom stereocenters. The van der Waals surface area contributed by atoms with E-state index in [-0.39, 0.29) is 0 Å². The summed E-state index contributed by atoms with van der Waals surface area (Å²) < 4.78 is 0. The molecule has 2 bridgehead atoms. The zero-order valence-corrected chi connectivity index (χ0v) is 12.6. The second kappa shape index (κ2) is 5.07. The van der Waals surface area contributed by atoms with E-state index in [4.69, 9.17) is 0 Å². The van der Waals surface area contributed by atoms with Gasteiger partial charge in [0.1, 0.15) is 0 Å². The van der Waals surface area contributed by atoms with Crippen LogP contribution in [0.15, 0.2) is 18.2 Å². The van der Waals surface area contributed by atoms with Crippen LogP contribution in [0.1, 0.15) is 36.8 Å². The third-order valence-corrected chi connectivity index (χ3v) is 5.92. The summed E-state index contributed by atoms with van der Waals surface area (Å²) in [5.41, 5.74) is 4.59. The van der Waals surface area contributed by atoms with E-state index in [2.05, 4.69) is 35.5 Å². The predicted octanol–water partition coefficient (Wildman–Crippen LogP) is 3.20. The van der Waals surface area contributed by atoms with Crippen LogP contribution in [0, 0.1) is 17.8 Å². The fraction of sp³-hybridized carbons (Fsp3) is 0.667. The summed E-state index contributed by atoms with van der Waals surface area (Å²) >= 11 is 0. The number of anilines is 1. The Hall–Kier alpha value is -1.02. The number of rotatable bonds is 3. The molecular formula is C18H26N2. The standard InChI is InChI=1S/C18H26N2/c1-20(12-16-10-13-5-6-14(16)9-13)18-4-2-3-15-11-19-8-7-17(15)18/h2-4,13-14,16,19H,5-12H2,1H3. The Morgan fingerprint density at radius 1 is 1.25 bits per heavy atom. The Kier molecular flexibility index (Phi) is 3.22. The quantitative estimate of drug-likeness (QED) is 0.907. The van der Waals surface area contributed by atoms with E-state index < -0.39 is 0 Å². The molecule has 2 aliphatic carbocycles. The maximum Gasteiger partial charge on any atom is 0.0400 e. The second-order valence-electron chi connectivity index (χ2n) is 7.16. The van der Waals surface area contributed by atoms with E-state index in [1.165, 1.54) is 49.9 Å². The first-order valence-electron chi connectivity index (χ1n) is 8.34. The molecule has 2 nitrogen and oxygen atoms in total. The van der Waals surface area contributed by atoms with Gasteiger partial charge in [-0.15, -0.1) is 0 Å². The van der Waals surface area contributed by atoms with Crippen LogP contribution in [-0.2, 0) is 13.0 Å². The van der Waals surface area contributed by atoms with E-state index in [1.807, 2.05) is 0 Å². The van der Waals surface area contributed by atoms with Gasteiger partial charge in [0.2, 0.25) is 0 Å². The van der Waals surface area contributed by atoms with Gasteiger partial charge in [-0.2, -0.15) is 0 Å². The van der Waals surface area contributed by atoms with Crippen molar-refractivity contribution >= 4 is 5.69 Å². The van der Waals surface area contributed by atoms with Gasteiger partial charge in [-0.25, -0.2) is 0 Å². The minimum absolute atomic E-state index is 0.955. The highest BCUT2D eigenvalue weighted by Gasteiger charge is 2.39. The van der Waals surface area contributed by atoms with Crippen molar-refractivity contribution in [3.63, 3.8) is 0 Å². The fourth-order valence-electron chi connectivity index (χ4n) is 4.92. The topological polar surface area (TPSA) is 15.3 Å². The third kappa shape index (κ3) is 2.14. The lowest BCUT2D eigenvalue weighted by Gasteiger charge is -2.31. The summed E-state index contributed by atoms with van der Waals surface area (Å²) in [6.07, 6.45) is 7.21. The van der Waals surface area contributed by atoms with Crippen LogP contribution in [0.5, 0.6) is 0 Å². The van der Waals surface area contributed by atoms with Crippen molar-refractivity contribution in [1.29, 1.82) is 0 Å². The van der Waals surface area contributed by atoms with Crippen LogP contribution < -0.4 is 10.2 Å². The van der Waals surface area contributed by atoms with Gasteiger partial charge in [0.05, 0.1) is 0 Å². The lowest BCUT2D eigenvalue weighted by Crippen LogP contribution is -2.31. The van der Waals surface area contributed by atoms with Crippen LogP contribution >= 0.6 is 0 Å². The number of fused-ring (bicyclic) bond motifs is 3. The molecule has 0 radical (unpaired) electrons. The van der Waals surface area contributed by atoms with Crippen LogP contribution in [0.2, 0.25) is 0 Å². The molecule has 1 N–H and O–H groups in total. The van der Waals surface area contributed by atoms with E-state index in [0.29, 0.717) is 0 Å². The van der Waals surface area contributed by atoms with Crippen LogP contribution in [0.3, 0.4) is 0 Å². The molecular weight excluding hydrogens is 244 g/mol. The first-order valence-corrected chi connectivity index (χ1v) is 8.34. The van der Waals surface area contributed by atoms with Gasteiger partial charge in [-0.05, 0) is 67.2 Å². The van der Waals surface area contributed by atoms with E-state index in [1.54, 1.807) is 5.56 Å². The highest BCUT2D eigenvalue weighted by atomic mass is 15.1. The number of hydrogen-bond acceptors (Lipinski definition) is 2. The van der Waals surface area contributed by atoms with Gasteiger partial charge < -0.3 is 10.2 Å². The SMILES string of the molecule is CN(CC1CC2CCC1C2)c1cccc2c1CCNC2. The highest BCUT2D eigenvalue weighted by molar-refractivity contribution is 5.57. The summed E-state index contributed by atoms with van der Waals surface area (Å²) in [5, 5.41) is 3.48. The molecule has 1 aliphatic heterocycles. The van der Waals surface area contributed by atoms with Crippen molar-refractivity contribution < 1.29 is 0 Å². The summed E-state index contributed by atoms with van der Waals surface area (Å²) in [7, 11) is 2.31. The molecule has 20 heavy (non-hydrogen) atoms. The van der Waals surface area contributed by atoms with Crippen LogP contribution in [-0.4, -0.2) is 20.1 Å². The Balaban J connectivity index is 1.52. The molecule has 0 aromatic heterocycles. The smallest absolute Gasteiger partial charge is 0.0400 e. The average Bonchev–Trinajstić information content (AvgIpc) is 3.09. The van der Waals surface area contributed by atoms with E-state index in [9.17, 15) is 0 Å². The van der Waals surface area contributed by atoms with Crippen LogP contribution in [0.25, 0.3) is 0 Å². The average molecular weight is 270 g/mol. The highest BCUT2D eigenvalue weighted by Crippen LogP contribution is 2.48. The Morgan fingerprint density at radius 3 is 3.00 bits per heavy atom. The van der Waals surface area contributed by atoms with Crippen LogP contribution in [0.4, 0.5) is 5.69 Å². The van der Waals surface area contributed by atoms with Gasteiger partial charge in [0, 0.05) is 25.8 Å². The first kappa shape index (κ1) is 12.7. The molecule has 1 aromatic rings. The molecule has 1 heterocycles. The third-order valence-electron chi connectivity index (χ3n) is 5.92. The molecule has 2 heteroatoms. The van der Waals surface area contributed by atoms with E-state index >= 15 is 0 Å². The Bertz CT molecular complexity index is 496. The van der Waals surface area contributed by atoms with Crippen molar-refractivity contribution in [2.45, 2.75) is 38.6 Å². The predicted molar refractivity (Wildman–Crippen MR) is 84.1 cm³/mol. The zero-order valence-electron chi connectivity index (χ0n) is 12.6. The number of nitrogens with zero attached hydrogens (tertiary/aromatic N) is 1. The molecule has 108 valence electrons. The van der Waals surface area contributed by atoms with Gasteiger partial charge in [-0.3, -0.25) is 0 Å². The lowest BCUT2D eigenvalue weighted by molar-refractivity contribution is 0.337. The normalized spacial score (nSPS) is 31.4. The maximum atomic E-state index is 3.48. The molecule has 3 unspecified atom stereocenters. The van der Waals surface area contributed by atoms with Crippen molar-refractivity contribution in [3.05, 3.63) is 29.3 Å². The van der Waals surface area contributed by atoms with Crippen molar-refractivity contribution in [3.8, 4) is 0 Å². The minimum Gasteiger partial charge on any atom is -0.374 e. The molecule has 1 aromatic carbocycles. The number of nitrogens with one attached hydrogen (secondary N) is 1. The molecule has 3 aliphatic rings. The Morgan fingerprint density at radius 2 is 2.20 bits per heavy atom. The molecule has 4 rings (SSSR count). The van der Waals surface area contributed by atoms with Gasteiger partial charge in [-0.1, -0.05) is 18.6 Å². The van der Waals surface area contributed by atoms with Gasteiger partial charge in [0.15, 0.2) is 0 Å². The second-order valence-corrected chi connectivity index (χ2v) is 7.16. The molecule has 0 saturated heterocycles. The zero-order chi connectivity index (χ0) is 13.5. The maximum absolute atomic E-state index is 3.48. The minimum atomic E-state index is 0.955. The largest absolute Gasteiger partial charge is 0.374 e. The van der Waals surface area contributed by atoms with Gasteiger partial charge in [0.25, 0.3) is 0 Å². The van der Waals surface area contributed by atoms with Crippen molar-refractivity contribution in [1.82, 2.24) is 5.32 Å². The number of hydrogen-bond donors (Lipinski definition) is 1. The van der Waals surface area contributed by atoms with Crippen molar-refractivity contribution in [2.75, 3.05) is 25.0 Å². The summed E-state index contributed by atoms with van der Waals surface area (Å²) in [5.74, 6) is 3.05. The lowest BCUT2D eigenvalue weighted by atomic mass is 9.88. The first-order chi connectivity index (χ1) is 9.81. The molecule has 2 saturated carbocycles. The van der Waals surface area contributed by atoms with E-state index in [0.717, 1.165) is 30.8 Å². The van der Waals surface area contributed by atoms with Gasteiger partial charge >= 0.3 is 0 Å². The summed E-state index contributed by atoms with van der Waals surface area (Å²) in [4.78, 5) is 2.55. The monoisotopic (exact) mass is 270 g/mol. The molecule has 0 spiro atoms. The summed E-state index contributed by atoms with van der Waals surface area (Å²) in [6.45, 7) is 3.45. The number of benzene rings is 1. The molecule has 2 fully saturated rings. The Labute approximate surface area is 122 Å². The van der Waals surface area contributed by atoms with Crippen molar-refractivity contribution in [2.24, 2.45) is 17.8 Å². The summed E-state index contributed by atoms with van der Waals surface area (Å²) in [6, 6.07) is 6.85.